The van der Waals surface area contributed by atoms with Crippen molar-refractivity contribution < 1.29 is 23.8 Å². The summed E-state index contributed by atoms with van der Waals surface area (Å²) in [5.74, 6) is 0.456. The number of carbonyl (C=O) groups excluding carboxylic acids is 2. The van der Waals surface area contributed by atoms with Crippen LogP contribution in [0, 0.1) is 3.57 Å². The van der Waals surface area contributed by atoms with Gasteiger partial charge in [-0.1, -0.05) is 12.1 Å². The smallest absolute Gasteiger partial charge is 0.270 e. The highest BCUT2D eigenvalue weighted by molar-refractivity contribution is 14.1. The van der Waals surface area contributed by atoms with Gasteiger partial charge in [-0.15, -0.1) is 0 Å². The van der Waals surface area contributed by atoms with Crippen molar-refractivity contribution in [2.75, 3.05) is 19.1 Å². The quantitative estimate of drug-likeness (QED) is 0.254. The number of halogens is 1. The Bertz CT molecular complexity index is 1080. The predicted octanol–water partition coefficient (Wildman–Crippen LogP) is 3.93. The number of hydrogen-bond acceptors (Lipinski definition) is 6. The minimum absolute atomic E-state index is 0.00973. The lowest BCUT2D eigenvalue weighted by Crippen LogP contribution is -2.54. The van der Waals surface area contributed by atoms with Crippen molar-refractivity contribution >= 4 is 63.5 Å². The number of methoxy groups -OCH3 is 2. The van der Waals surface area contributed by atoms with Crippen LogP contribution in [0.5, 0.6) is 17.2 Å². The van der Waals surface area contributed by atoms with Crippen molar-refractivity contribution in [1.82, 2.24) is 5.32 Å². The lowest BCUT2D eigenvalue weighted by Gasteiger charge is -2.29. The van der Waals surface area contributed by atoms with Crippen molar-refractivity contribution in [2.24, 2.45) is 0 Å². The number of ether oxygens (including phenoxy) is 3. The van der Waals surface area contributed by atoms with Crippen LogP contribution < -0.4 is 24.4 Å². The number of amides is 2. The zero-order valence-corrected chi connectivity index (χ0v) is 20.4. The molecule has 1 heterocycles. The van der Waals surface area contributed by atoms with E-state index < -0.39 is 11.8 Å². The molecule has 3 rings (SSSR count). The average molecular weight is 552 g/mol. The van der Waals surface area contributed by atoms with Crippen molar-refractivity contribution in [2.45, 2.75) is 20.0 Å². The monoisotopic (exact) mass is 552 g/mol. The van der Waals surface area contributed by atoms with Crippen molar-refractivity contribution in [3.8, 4) is 17.2 Å². The maximum absolute atomic E-state index is 13.3. The van der Waals surface area contributed by atoms with Gasteiger partial charge in [-0.3, -0.25) is 14.9 Å². The van der Waals surface area contributed by atoms with E-state index in [0.29, 0.717) is 28.5 Å². The van der Waals surface area contributed by atoms with Crippen LogP contribution in [0.25, 0.3) is 6.08 Å². The number of para-hydroxylation sites is 2. The Hall–Kier alpha value is -2.66. The van der Waals surface area contributed by atoms with Gasteiger partial charge < -0.3 is 14.2 Å². The first-order valence-corrected chi connectivity index (χ1v) is 10.8. The fraction of sp³-hybridized carbons (Fsp3) is 0.227. The number of anilines is 1. The van der Waals surface area contributed by atoms with E-state index in [4.69, 9.17) is 26.4 Å². The van der Waals surface area contributed by atoms with Crippen molar-refractivity contribution in [3.05, 3.63) is 51.1 Å². The number of nitrogens with zero attached hydrogens (tertiary/aromatic N) is 1. The maximum atomic E-state index is 13.3. The molecule has 1 aliphatic rings. The molecule has 0 spiro atoms. The Kier molecular flexibility index (Phi) is 7.16. The Morgan fingerprint density at radius 3 is 2.42 bits per heavy atom. The molecule has 2 amide bonds. The second-order valence-corrected chi connectivity index (χ2v) is 8.38. The van der Waals surface area contributed by atoms with E-state index in [-0.39, 0.29) is 16.8 Å². The van der Waals surface area contributed by atoms with Gasteiger partial charge in [-0.2, -0.15) is 0 Å². The summed E-state index contributed by atoms with van der Waals surface area (Å²) in [6.45, 7) is 3.84. The molecule has 1 aliphatic heterocycles. The molecule has 2 aromatic rings. The molecule has 0 unspecified atom stereocenters. The normalized spacial score (nSPS) is 15.4. The average Bonchev–Trinajstić information content (AvgIpc) is 2.72. The Morgan fingerprint density at radius 1 is 1.10 bits per heavy atom. The molecule has 1 fully saturated rings. The van der Waals surface area contributed by atoms with Gasteiger partial charge in [0, 0.05) is 0 Å². The van der Waals surface area contributed by atoms with Crippen LogP contribution in [0.1, 0.15) is 19.4 Å². The van der Waals surface area contributed by atoms with E-state index in [1.807, 2.05) is 19.9 Å². The number of nitrogens with one attached hydrogen (secondary N) is 1. The number of benzene rings is 2. The fourth-order valence-corrected chi connectivity index (χ4v) is 4.06. The Morgan fingerprint density at radius 2 is 1.77 bits per heavy atom. The third-order valence-corrected chi connectivity index (χ3v) is 5.43. The lowest BCUT2D eigenvalue weighted by molar-refractivity contribution is -0.122. The summed E-state index contributed by atoms with van der Waals surface area (Å²) in [6, 6.07) is 10.5. The number of carbonyl (C=O) groups is 2. The maximum Gasteiger partial charge on any atom is 0.270 e. The molecule has 0 bridgehead atoms. The summed E-state index contributed by atoms with van der Waals surface area (Å²) in [5.41, 5.74) is 0.997. The highest BCUT2D eigenvalue weighted by atomic mass is 127. The molecule has 0 saturated carbocycles. The molecule has 0 aliphatic carbocycles. The minimum Gasteiger partial charge on any atom is -0.495 e. The molecule has 2 aromatic carbocycles. The SMILES string of the molecule is COc1ccccc1N1C(=O)/C(=C/c2cc(I)c(OC(C)C)c(OC)c2)C(=O)NC1=S. The molecule has 0 aromatic heterocycles. The second-order valence-electron chi connectivity index (χ2n) is 6.83. The van der Waals surface area contributed by atoms with E-state index in [9.17, 15) is 9.59 Å². The molecule has 1 N–H and O–H groups in total. The summed E-state index contributed by atoms with van der Waals surface area (Å²) in [6.07, 6.45) is 1.47. The van der Waals surface area contributed by atoms with Gasteiger partial charge in [-0.25, -0.2) is 4.90 Å². The third kappa shape index (κ3) is 4.82. The Balaban J connectivity index is 2.05. The van der Waals surface area contributed by atoms with Gasteiger partial charge in [0.2, 0.25) is 0 Å². The van der Waals surface area contributed by atoms with Crippen LogP contribution in [0.2, 0.25) is 0 Å². The van der Waals surface area contributed by atoms with Gasteiger partial charge in [-0.05, 0) is 84.6 Å². The van der Waals surface area contributed by atoms with E-state index in [1.165, 1.54) is 25.2 Å². The van der Waals surface area contributed by atoms with Crippen LogP contribution in [-0.4, -0.2) is 37.3 Å². The summed E-state index contributed by atoms with van der Waals surface area (Å²) in [7, 11) is 3.04. The topological polar surface area (TPSA) is 77.1 Å². The molecule has 162 valence electrons. The van der Waals surface area contributed by atoms with Crippen LogP contribution in [0.3, 0.4) is 0 Å². The molecule has 1 saturated heterocycles. The number of hydrogen-bond donors (Lipinski definition) is 1. The van der Waals surface area contributed by atoms with Gasteiger partial charge in [0.05, 0.1) is 29.6 Å². The van der Waals surface area contributed by atoms with Gasteiger partial charge in [0.25, 0.3) is 11.8 Å². The molecule has 9 heteroatoms. The van der Waals surface area contributed by atoms with Crippen molar-refractivity contribution in [1.29, 1.82) is 0 Å². The van der Waals surface area contributed by atoms with E-state index in [1.54, 1.807) is 30.3 Å². The van der Waals surface area contributed by atoms with Crippen LogP contribution in [-0.2, 0) is 9.59 Å². The van der Waals surface area contributed by atoms with Crippen LogP contribution >= 0.6 is 34.8 Å². The highest BCUT2D eigenvalue weighted by Gasteiger charge is 2.35. The zero-order chi connectivity index (χ0) is 22.7. The van der Waals surface area contributed by atoms with Gasteiger partial charge in [0.15, 0.2) is 16.6 Å². The van der Waals surface area contributed by atoms with Crippen molar-refractivity contribution in [3.63, 3.8) is 0 Å². The molecular formula is C22H21IN2O5S. The first kappa shape index (κ1) is 23.0. The molecular weight excluding hydrogens is 531 g/mol. The highest BCUT2D eigenvalue weighted by Crippen LogP contribution is 2.36. The predicted molar refractivity (Wildman–Crippen MR) is 131 cm³/mol. The number of thiocarbonyl (C=S) groups is 1. The first-order chi connectivity index (χ1) is 14.8. The summed E-state index contributed by atoms with van der Waals surface area (Å²) in [4.78, 5) is 27.1. The fourth-order valence-electron chi connectivity index (χ4n) is 3.03. The molecule has 31 heavy (non-hydrogen) atoms. The van der Waals surface area contributed by atoms with E-state index >= 15 is 0 Å². The van der Waals surface area contributed by atoms with Gasteiger partial charge in [0.1, 0.15) is 11.3 Å². The van der Waals surface area contributed by atoms with Gasteiger partial charge >= 0.3 is 0 Å². The largest absolute Gasteiger partial charge is 0.495 e. The standard InChI is InChI=1S/C22H21IN2O5S/c1-12(2)30-19-15(23)10-13(11-18(19)29-4)9-14-20(26)24-22(31)25(21(14)27)16-7-5-6-8-17(16)28-3/h5-12H,1-4H3,(H,24,26,31)/b14-9+. The van der Waals surface area contributed by atoms with E-state index in [2.05, 4.69) is 27.9 Å². The lowest BCUT2D eigenvalue weighted by atomic mass is 10.1. The summed E-state index contributed by atoms with van der Waals surface area (Å²) >= 11 is 7.39. The van der Waals surface area contributed by atoms with Crippen LogP contribution in [0.4, 0.5) is 5.69 Å². The number of rotatable bonds is 6. The molecule has 7 nitrogen and oxygen atoms in total. The van der Waals surface area contributed by atoms with Crippen LogP contribution in [0.15, 0.2) is 42.0 Å². The zero-order valence-electron chi connectivity index (χ0n) is 17.4. The first-order valence-electron chi connectivity index (χ1n) is 9.35. The third-order valence-electron chi connectivity index (χ3n) is 4.34. The molecule has 0 atom stereocenters. The summed E-state index contributed by atoms with van der Waals surface area (Å²) < 4.78 is 17.4. The van der Waals surface area contributed by atoms with E-state index in [0.717, 1.165) is 3.57 Å². The second kappa shape index (κ2) is 9.65. The molecule has 0 radical (unpaired) electrons. The Labute approximate surface area is 199 Å². The minimum atomic E-state index is -0.572. The summed E-state index contributed by atoms with van der Waals surface area (Å²) in [5, 5.41) is 2.57.